The minimum atomic E-state index is -0.891. The van der Waals surface area contributed by atoms with E-state index in [1.54, 1.807) is 12.1 Å². The fourth-order valence-corrected chi connectivity index (χ4v) is 5.17. The first-order valence-electron chi connectivity index (χ1n) is 11.2. The molecule has 4 aliphatic rings. The first kappa shape index (κ1) is 21.2. The van der Waals surface area contributed by atoms with Gasteiger partial charge in [0.2, 0.25) is 0 Å². The molecule has 32 heavy (non-hydrogen) atoms. The van der Waals surface area contributed by atoms with Crippen molar-refractivity contribution >= 4 is 6.09 Å². The van der Waals surface area contributed by atoms with E-state index in [0.29, 0.717) is 23.8 Å². The van der Waals surface area contributed by atoms with Crippen LogP contribution in [-0.2, 0) is 4.74 Å². The molecular formula is C25H28F2N2O3. The van der Waals surface area contributed by atoms with Crippen LogP contribution in [0.1, 0.15) is 38.3 Å². The molecule has 2 atom stereocenters. The number of ether oxygens (including phenoxy) is 2. The van der Waals surface area contributed by atoms with Crippen molar-refractivity contribution in [2.75, 3.05) is 26.2 Å². The molecule has 4 aliphatic heterocycles. The van der Waals surface area contributed by atoms with E-state index in [1.807, 2.05) is 19.9 Å². The Morgan fingerprint density at radius 3 is 2.69 bits per heavy atom. The van der Waals surface area contributed by atoms with Gasteiger partial charge in [-0.25, -0.2) is 13.6 Å². The molecule has 0 aliphatic carbocycles. The van der Waals surface area contributed by atoms with Gasteiger partial charge in [0.25, 0.3) is 0 Å². The number of piperidine rings is 3. The van der Waals surface area contributed by atoms with Gasteiger partial charge in [0, 0.05) is 23.1 Å². The molecule has 0 radical (unpaired) electrons. The monoisotopic (exact) mass is 442 g/mol. The van der Waals surface area contributed by atoms with Gasteiger partial charge in [-0.05, 0) is 49.5 Å². The van der Waals surface area contributed by atoms with Gasteiger partial charge in [0.15, 0.2) is 11.6 Å². The smallest absolute Gasteiger partial charge is 0.407 e. The maximum Gasteiger partial charge on any atom is 0.407 e. The Morgan fingerprint density at radius 2 is 1.97 bits per heavy atom. The summed E-state index contributed by atoms with van der Waals surface area (Å²) in [7, 11) is 0. The molecule has 3 fully saturated rings. The highest BCUT2D eigenvalue weighted by Gasteiger charge is 2.41. The molecule has 2 bridgehead atoms. The number of benzene rings is 2. The second kappa shape index (κ2) is 8.03. The van der Waals surface area contributed by atoms with E-state index < -0.39 is 17.7 Å². The lowest BCUT2D eigenvalue weighted by Crippen LogP contribution is -2.53. The summed E-state index contributed by atoms with van der Waals surface area (Å²) in [6.45, 7) is 7.39. The first-order chi connectivity index (χ1) is 15.3. The number of fused-ring (bicyclic) bond motifs is 4. The van der Waals surface area contributed by atoms with Gasteiger partial charge in [0.1, 0.15) is 11.9 Å². The quantitative estimate of drug-likeness (QED) is 0.734. The molecule has 1 unspecified atom stereocenters. The van der Waals surface area contributed by atoms with Gasteiger partial charge in [-0.3, -0.25) is 4.90 Å². The Labute approximate surface area is 186 Å². The first-order valence-corrected chi connectivity index (χ1v) is 11.2. The number of rotatable bonds is 3. The zero-order valence-electron chi connectivity index (χ0n) is 18.4. The molecule has 0 spiro atoms. The standard InChI is InChI=1S/C25H28F2N2O3/c1-25(2)14-31-20-12-16(17-4-3-5-19(26)22(17)27)6-7-18(20)23(25)28-24(30)32-21-13-29-10-8-15(21)9-11-29/h3-7,12,15,21,23H,8-11,13-14H2,1-2H3,(H,28,30)/t21-,23?/m0/s1. The molecule has 5 nitrogen and oxygen atoms in total. The number of nitrogens with one attached hydrogen (secondary N) is 1. The molecule has 0 aromatic heterocycles. The lowest BCUT2D eigenvalue weighted by atomic mass is 9.78. The van der Waals surface area contributed by atoms with E-state index in [0.717, 1.165) is 44.1 Å². The van der Waals surface area contributed by atoms with Gasteiger partial charge in [0.05, 0.1) is 12.6 Å². The lowest BCUT2D eigenvalue weighted by molar-refractivity contribution is -0.0361. The van der Waals surface area contributed by atoms with Crippen molar-refractivity contribution in [1.29, 1.82) is 0 Å². The highest BCUT2D eigenvalue weighted by molar-refractivity contribution is 5.70. The minimum absolute atomic E-state index is 0.0711. The van der Waals surface area contributed by atoms with Crippen molar-refractivity contribution in [3.05, 3.63) is 53.6 Å². The summed E-state index contributed by atoms with van der Waals surface area (Å²) < 4.78 is 39.8. The second-order valence-corrected chi connectivity index (χ2v) is 9.79. The molecule has 2 aromatic rings. The maximum atomic E-state index is 14.3. The van der Waals surface area contributed by atoms with E-state index in [-0.39, 0.29) is 23.1 Å². The van der Waals surface area contributed by atoms with Gasteiger partial charge in [-0.1, -0.05) is 38.1 Å². The Balaban J connectivity index is 1.37. The molecule has 4 heterocycles. The van der Waals surface area contributed by atoms with Crippen LogP contribution in [0.4, 0.5) is 13.6 Å². The summed E-state index contributed by atoms with van der Waals surface area (Å²) in [6, 6.07) is 9.03. The van der Waals surface area contributed by atoms with Gasteiger partial charge >= 0.3 is 6.09 Å². The summed E-state index contributed by atoms with van der Waals surface area (Å²) in [5.41, 5.74) is 1.13. The number of alkyl carbamates (subject to hydrolysis) is 1. The zero-order valence-corrected chi connectivity index (χ0v) is 18.4. The predicted octanol–water partition coefficient (Wildman–Crippen LogP) is 4.91. The number of amides is 1. The van der Waals surface area contributed by atoms with Crippen LogP contribution in [-0.4, -0.2) is 43.3 Å². The zero-order chi connectivity index (χ0) is 22.5. The number of nitrogens with zero attached hydrogens (tertiary/aromatic N) is 1. The van der Waals surface area contributed by atoms with Crippen molar-refractivity contribution in [3.63, 3.8) is 0 Å². The average Bonchev–Trinajstić information content (AvgIpc) is 2.78. The van der Waals surface area contributed by atoms with Crippen LogP contribution in [0.2, 0.25) is 0 Å². The molecule has 1 N–H and O–H groups in total. The van der Waals surface area contributed by atoms with Gasteiger partial charge in [-0.15, -0.1) is 0 Å². The summed E-state index contributed by atoms with van der Waals surface area (Å²) >= 11 is 0. The molecular weight excluding hydrogens is 414 g/mol. The third-order valence-corrected chi connectivity index (χ3v) is 7.09. The van der Waals surface area contributed by atoms with Crippen LogP contribution < -0.4 is 10.1 Å². The van der Waals surface area contributed by atoms with Crippen LogP contribution in [0, 0.1) is 23.0 Å². The molecule has 6 rings (SSSR count). The van der Waals surface area contributed by atoms with Crippen molar-refractivity contribution in [3.8, 4) is 16.9 Å². The van der Waals surface area contributed by atoms with E-state index in [4.69, 9.17) is 9.47 Å². The molecule has 7 heteroatoms. The molecule has 0 saturated carbocycles. The molecule has 3 saturated heterocycles. The lowest BCUT2D eigenvalue weighted by Gasteiger charge is -2.44. The molecule has 1 amide bonds. The Morgan fingerprint density at radius 1 is 1.19 bits per heavy atom. The average molecular weight is 443 g/mol. The summed E-state index contributed by atoms with van der Waals surface area (Å²) in [4.78, 5) is 15.2. The number of carbonyl (C=O) groups excluding carboxylic acids is 1. The third kappa shape index (κ3) is 3.83. The largest absolute Gasteiger partial charge is 0.493 e. The second-order valence-electron chi connectivity index (χ2n) is 9.79. The van der Waals surface area contributed by atoms with E-state index in [1.165, 1.54) is 12.1 Å². The third-order valence-electron chi connectivity index (χ3n) is 7.09. The normalized spacial score (nSPS) is 27.9. The van der Waals surface area contributed by atoms with Crippen molar-refractivity contribution < 1.29 is 23.0 Å². The molecule has 170 valence electrons. The Hall–Kier alpha value is -2.67. The van der Waals surface area contributed by atoms with Gasteiger partial charge in [-0.2, -0.15) is 0 Å². The summed E-state index contributed by atoms with van der Waals surface area (Å²) in [5.74, 6) is -0.792. The number of carbonyl (C=O) groups is 1. The van der Waals surface area contributed by atoms with Crippen LogP contribution in [0.15, 0.2) is 36.4 Å². The van der Waals surface area contributed by atoms with Gasteiger partial charge < -0.3 is 14.8 Å². The Kier molecular flexibility index (Phi) is 5.32. The van der Waals surface area contributed by atoms with Crippen molar-refractivity contribution in [2.24, 2.45) is 11.3 Å². The fourth-order valence-electron chi connectivity index (χ4n) is 5.17. The SMILES string of the molecule is CC1(C)COc2cc(-c3cccc(F)c3F)ccc2C1NC(=O)O[C@H]1CN2CCC1CC2. The number of hydrogen-bond donors (Lipinski definition) is 1. The maximum absolute atomic E-state index is 14.3. The van der Waals surface area contributed by atoms with Crippen LogP contribution in [0.3, 0.4) is 0 Å². The topological polar surface area (TPSA) is 50.8 Å². The van der Waals surface area contributed by atoms with Crippen molar-refractivity contribution in [2.45, 2.75) is 38.8 Å². The highest BCUT2D eigenvalue weighted by atomic mass is 19.2. The Bertz CT molecular complexity index is 1030. The fraction of sp³-hybridized carbons (Fsp3) is 0.480. The van der Waals surface area contributed by atoms with E-state index in [2.05, 4.69) is 10.2 Å². The van der Waals surface area contributed by atoms with E-state index >= 15 is 0 Å². The van der Waals surface area contributed by atoms with Crippen molar-refractivity contribution in [1.82, 2.24) is 10.2 Å². The van der Waals surface area contributed by atoms with Crippen LogP contribution >= 0.6 is 0 Å². The van der Waals surface area contributed by atoms with E-state index in [9.17, 15) is 13.6 Å². The summed E-state index contributed by atoms with van der Waals surface area (Å²) in [5, 5.41) is 3.06. The van der Waals surface area contributed by atoms with Crippen LogP contribution in [0.25, 0.3) is 11.1 Å². The number of hydrogen-bond acceptors (Lipinski definition) is 4. The minimum Gasteiger partial charge on any atom is -0.493 e. The summed E-state index contributed by atoms with van der Waals surface area (Å²) in [6.07, 6.45) is 1.65. The number of halogens is 2. The highest BCUT2D eigenvalue weighted by Crippen LogP contribution is 2.44. The van der Waals surface area contributed by atoms with Crippen LogP contribution in [0.5, 0.6) is 5.75 Å². The predicted molar refractivity (Wildman–Crippen MR) is 116 cm³/mol. The molecule has 2 aromatic carbocycles.